The van der Waals surface area contributed by atoms with Crippen LogP contribution in [-0.2, 0) is 12.8 Å². The Kier molecular flexibility index (Phi) is 7.86. The van der Waals surface area contributed by atoms with Gasteiger partial charge in [-0.25, -0.2) is 9.97 Å². The fraction of sp³-hybridized carbons (Fsp3) is 0.600. The Morgan fingerprint density at radius 3 is 2.15 bits per heavy atom. The van der Waals surface area contributed by atoms with Crippen molar-refractivity contribution in [3.63, 3.8) is 0 Å². The van der Waals surface area contributed by atoms with Crippen molar-refractivity contribution in [2.24, 2.45) is 11.8 Å². The van der Waals surface area contributed by atoms with Crippen LogP contribution in [0.5, 0.6) is 0 Å². The van der Waals surface area contributed by atoms with E-state index in [-0.39, 0.29) is 0 Å². The highest BCUT2D eigenvalue weighted by Gasteiger charge is 2.27. The lowest BCUT2D eigenvalue weighted by Gasteiger charge is -2.35. The summed E-state index contributed by atoms with van der Waals surface area (Å²) in [5.74, 6) is 2.75. The third-order valence-electron chi connectivity index (χ3n) is 6.04. The van der Waals surface area contributed by atoms with Crippen LogP contribution in [0.3, 0.4) is 0 Å². The molecule has 3 rings (SSSR count). The molecular weight excluding hydrogens is 328 g/mol. The highest BCUT2D eigenvalue weighted by molar-refractivity contribution is 5.55. The van der Waals surface area contributed by atoms with E-state index in [0.717, 1.165) is 29.6 Å². The quantitative estimate of drug-likeness (QED) is 0.400. The molecule has 0 unspecified atom stereocenters. The zero-order valence-corrected chi connectivity index (χ0v) is 17.3. The molecule has 1 aromatic heterocycles. The summed E-state index contributed by atoms with van der Waals surface area (Å²) in [7, 11) is 0. The summed E-state index contributed by atoms with van der Waals surface area (Å²) >= 11 is 0. The maximum atomic E-state index is 4.60. The maximum absolute atomic E-state index is 4.60. The van der Waals surface area contributed by atoms with E-state index in [9.17, 15) is 0 Å². The first kappa shape index (κ1) is 20.0. The largest absolute Gasteiger partial charge is 0.236 e. The van der Waals surface area contributed by atoms with Crippen molar-refractivity contribution >= 4 is 0 Å². The second kappa shape index (κ2) is 10.6. The van der Waals surface area contributed by atoms with Crippen molar-refractivity contribution in [3.05, 3.63) is 47.8 Å². The van der Waals surface area contributed by atoms with Gasteiger partial charge in [0.05, 0.1) is 0 Å². The number of aryl methyl sites for hydroxylation is 1. The fourth-order valence-corrected chi connectivity index (χ4v) is 4.37. The van der Waals surface area contributed by atoms with Crippen LogP contribution in [0.4, 0.5) is 0 Å². The van der Waals surface area contributed by atoms with Crippen LogP contribution in [0.15, 0.2) is 36.7 Å². The number of rotatable bonds is 11. The smallest absolute Gasteiger partial charge is 0.159 e. The van der Waals surface area contributed by atoms with E-state index < -0.39 is 0 Å². The van der Waals surface area contributed by atoms with Crippen LogP contribution in [0.1, 0.15) is 82.8 Å². The lowest BCUT2D eigenvalue weighted by molar-refractivity contribution is 0.180. The second-order valence-corrected chi connectivity index (χ2v) is 8.47. The van der Waals surface area contributed by atoms with Crippen LogP contribution >= 0.6 is 0 Å². The van der Waals surface area contributed by atoms with Gasteiger partial charge in [0.2, 0.25) is 0 Å². The first-order valence-corrected chi connectivity index (χ1v) is 11.2. The molecule has 0 radical (unpaired) electrons. The Balaban J connectivity index is 1.45. The van der Waals surface area contributed by atoms with Gasteiger partial charge >= 0.3 is 0 Å². The van der Waals surface area contributed by atoms with Crippen molar-refractivity contribution in [1.82, 2.24) is 9.97 Å². The zero-order chi connectivity index (χ0) is 18.9. The number of nitrogens with zero attached hydrogens (tertiary/aromatic N) is 2. The van der Waals surface area contributed by atoms with Gasteiger partial charge in [-0.15, -0.1) is 0 Å². The fourth-order valence-electron chi connectivity index (χ4n) is 4.37. The van der Waals surface area contributed by atoms with Gasteiger partial charge in [0.1, 0.15) is 0 Å². The summed E-state index contributed by atoms with van der Waals surface area (Å²) in [6, 6.07) is 8.93. The Bertz CT molecular complexity index is 654. The van der Waals surface area contributed by atoms with Gasteiger partial charge in [-0.05, 0) is 55.1 Å². The van der Waals surface area contributed by atoms with Gasteiger partial charge in [-0.1, -0.05) is 76.6 Å². The van der Waals surface area contributed by atoms with Crippen LogP contribution in [0, 0.1) is 11.8 Å². The molecule has 0 amide bonds. The predicted octanol–water partition coefficient (Wildman–Crippen LogP) is 7.03. The maximum Gasteiger partial charge on any atom is 0.159 e. The molecule has 0 bridgehead atoms. The van der Waals surface area contributed by atoms with Crippen molar-refractivity contribution in [3.8, 4) is 11.4 Å². The Labute approximate surface area is 165 Å². The van der Waals surface area contributed by atoms with E-state index in [1.165, 1.54) is 75.3 Å². The van der Waals surface area contributed by atoms with E-state index in [1.807, 2.05) is 12.4 Å². The molecule has 1 aliphatic carbocycles. The summed E-state index contributed by atoms with van der Waals surface area (Å²) in [4.78, 5) is 9.20. The number of unbranched alkanes of at least 4 members (excludes halogenated alkanes) is 4. The lowest BCUT2D eigenvalue weighted by Crippen LogP contribution is -2.25. The highest BCUT2D eigenvalue weighted by Crippen LogP contribution is 2.38. The predicted molar refractivity (Wildman–Crippen MR) is 115 cm³/mol. The van der Waals surface area contributed by atoms with Gasteiger partial charge in [-0.2, -0.15) is 0 Å². The highest BCUT2D eigenvalue weighted by atomic mass is 14.9. The Morgan fingerprint density at radius 2 is 1.48 bits per heavy atom. The van der Waals surface area contributed by atoms with E-state index in [4.69, 9.17) is 0 Å². The Morgan fingerprint density at radius 1 is 0.778 bits per heavy atom. The molecular formula is C25H36N2. The van der Waals surface area contributed by atoms with E-state index in [2.05, 4.69) is 48.1 Å². The molecule has 27 heavy (non-hydrogen) atoms. The summed E-state index contributed by atoms with van der Waals surface area (Å²) < 4.78 is 0. The van der Waals surface area contributed by atoms with Crippen molar-refractivity contribution in [2.45, 2.75) is 84.5 Å². The second-order valence-electron chi connectivity index (χ2n) is 8.47. The summed E-state index contributed by atoms with van der Waals surface area (Å²) in [6.07, 6.45) is 18.5. The number of hydrogen-bond acceptors (Lipinski definition) is 2. The zero-order valence-electron chi connectivity index (χ0n) is 17.3. The molecule has 1 aliphatic rings. The minimum Gasteiger partial charge on any atom is -0.236 e. The molecule has 1 heterocycles. The third kappa shape index (κ3) is 6.16. The minimum atomic E-state index is 0.850. The molecule has 1 saturated carbocycles. The lowest BCUT2D eigenvalue weighted by atomic mass is 9.70. The van der Waals surface area contributed by atoms with E-state index in [0.29, 0.717) is 0 Å². The van der Waals surface area contributed by atoms with E-state index >= 15 is 0 Å². The molecule has 0 saturated heterocycles. The molecule has 2 heteroatoms. The molecule has 0 aliphatic heterocycles. The van der Waals surface area contributed by atoms with Gasteiger partial charge in [0.15, 0.2) is 5.82 Å². The van der Waals surface area contributed by atoms with Gasteiger partial charge in [0, 0.05) is 18.0 Å². The van der Waals surface area contributed by atoms with Gasteiger partial charge in [-0.3, -0.25) is 0 Å². The molecule has 0 spiro atoms. The molecule has 0 N–H and O–H groups in total. The first-order chi connectivity index (χ1) is 13.3. The summed E-state index contributed by atoms with van der Waals surface area (Å²) in [5.41, 5.74) is 3.85. The van der Waals surface area contributed by atoms with Crippen LogP contribution in [0.25, 0.3) is 11.4 Å². The SMILES string of the molecule is CCCCCCCc1cnc(-c2ccc(CC3CC(CCC)C3)cc2)nc1. The van der Waals surface area contributed by atoms with Crippen molar-refractivity contribution < 1.29 is 0 Å². The third-order valence-corrected chi connectivity index (χ3v) is 6.04. The average molecular weight is 365 g/mol. The van der Waals surface area contributed by atoms with Gasteiger partial charge < -0.3 is 0 Å². The standard InChI is InChI=1S/C25H36N2/c1-3-5-6-7-8-10-22-18-26-25(27-19-22)24-13-11-20(12-14-24)15-23-16-21(17-23)9-4-2/h11-14,18-19,21,23H,3-10,15-17H2,1-2H3. The monoisotopic (exact) mass is 364 g/mol. The molecule has 2 aromatic rings. The Hall–Kier alpha value is -1.70. The molecule has 0 atom stereocenters. The molecule has 1 fully saturated rings. The first-order valence-electron chi connectivity index (χ1n) is 11.2. The number of hydrogen-bond donors (Lipinski definition) is 0. The normalized spacial score (nSPS) is 19.0. The summed E-state index contributed by atoms with van der Waals surface area (Å²) in [5, 5.41) is 0. The number of benzene rings is 1. The number of aromatic nitrogens is 2. The van der Waals surface area contributed by atoms with Crippen LogP contribution < -0.4 is 0 Å². The molecule has 2 nitrogen and oxygen atoms in total. The molecule has 146 valence electrons. The average Bonchev–Trinajstić information content (AvgIpc) is 2.67. The van der Waals surface area contributed by atoms with E-state index in [1.54, 1.807) is 0 Å². The van der Waals surface area contributed by atoms with Crippen LogP contribution in [-0.4, -0.2) is 9.97 Å². The summed E-state index contributed by atoms with van der Waals surface area (Å²) in [6.45, 7) is 4.56. The van der Waals surface area contributed by atoms with Crippen molar-refractivity contribution in [2.75, 3.05) is 0 Å². The topological polar surface area (TPSA) is 25.8 Å². The van der Waals surface area contributed by atoms with Gasteiger partial charge in [0.25, 0.3) is 0 Å². The van der Waals surface area contributed by atoms with Crippen molar-refractivity contribution in [1.29, 1.82) is 0 Å². The van der Waals surface area contributed by atoms with Crippen LogP contribution in [0.2, 0.25) is 0 Å². The minimum absolute atomic E-state index is 0.850. The molecule has 1 aromatic carbocycles.